The van der Waals surface area contributed by atoms with Gasteiger partial charge in [0.2, 0.25) is 5.91 Å². The van der Waals surface area contributed by atoms with Gasteiger partial charge >= 0.3 is 12.2 Å². The Morgan fingerprint density at radius 3 is 2.35 bits per heavy atom. The summed E-state index contributed by atoms with van der Waals surface area (Å²) in [5, 5.41) is 2.78. The smallest absolute Gasteiger partial charge is 0.336 e. The number of urea groups is 1. The molecule has 3 amide bonds. The first-order chi connectivity index (χ1) is 22.1. The third-order valence-electron chi connectivity index (χ3n) is 9.84. The maximum atomic E-state index is 13.4. The maximum Gasteiger partial charge on any atom is 0.416 e. The number of nitrogens with one attached hydrogen (secondary N) is 1. The van der Waals surface area contributed by atoms with Crippen molar-refractivity contribution in [3.63, 3.8) is 0 Å². The number of benzene rings is 2. The molecule has 6 rings (SSSR count). The fourth-order valence-corrected chi connectivity index (χ4v) is 7.73. The van der Waals surface area contributed by atoms with Crippen molar-refractivity contribution in [3.8, 4) is 0 Å². The summed E-state index contributed by atoms with van der Waals surface area (Å²) in [5.74, 6) is 1.26. The van der Waals surface area contributed by atoms with Gasteiger partial charge in [0.05, 0.1) is 17.8 Å². The van der Waals surface area contributed by atoms with Crippen molar-refractivity contribution in [2.45, 2.75) is 96.1 Å². The van der Waals surface area contributed by atoms with E-state index in [-0.39, 0.29) is 11.9 Å². The van der Waals surface area contributed by atoms with Crippen LogP contribution in [0, 0.1) is 6.92 Å². The molecule has 3 atom stereocenters. The molecule has 1 N–H and O–H groups in total. The predicted molar refractivity (Wildman–Crippen MR) is 172 cm³/mol. The van der Waals surface area contributed by atoms with E-state index in [1.54, 1.807) is 4.90 Å². The van der Waals surface area contributed by atoms with Gasteiger partial charge in [-0.05, 0) is 81.8 Å². The molecule has 1 unspecified atom stereocenters. The van der Waals surface area contributed by atoms with E-state index in [4.69, 9.17) is 4.98 Å². The zero-order chi connectivity index (χ0) is 32.4. The number of alkyl halides is 3. The van der Waals surface area contributed by atoms with Gasteiger partial charge in [0, 0.05) is 67.7 Å². The number of carbonyl (C=O) groups is 2. The van der Waals surface area contributed by atoms with E-state index in [0.29, 0.717) is 43.3 Å². The molecular formula is C35H43F3N6O2. The fraction of sp³-hybridized carbons (Fsp3) is 0.514. The minimum Gasteiger partial charge on any atom is -0.336 e. The second-order valence-electron chi connectivity index (χ2n) is 12.8. The van der Waals surface area contributed by atoms with Crippen molar-refractivity contribution >= 4 is 23.3 Å². The maximum absolute atomic E-state index is 13.4. The Kier molecular flexibility index (Phi) is 9.40. The SMILES string of the molecule is CCCC(=O)N1CCc2c(nc(C)n2C2C[C@H]3CC[C@@H](C2)N3CCCN(C(=O)Nc2ccc(C(F)(F)F)cc2)c2ccccc2)C1. The predicted octanol–water partition coefficient (Wildman–Crippen LogP) is 7.19. The molecule has 3 aliphatic heterocycles. The highest BCUT2D eigenvalue weighted by Crippen LogP contribution is 2.42. The number of amides is 3. The van der Waals surface area contributed by atoms with Crippen molar-refractivity contribution in [2.75, 3.05) is 29.9 Å². The lowest BCUT2D eigenvalue weighted by atomic mass is 9.95. The van der Waals surface area contributed by atoms with E-state index < -0.39 is 11.7 Å². The number of fused-ring (bicyclic) bond motifs is 3. The molecular weight excluding hydrogens is 593 g/mol. The molecule has 2 fully saturated rings. The van der Waals surface area contributed by atoms with Gasteiger partial charge in [-0.25, -0.2) is 9.78 Å². The average Bonchev–Trinajstić information content (AvgIpc) is 3.48. The summed E-state index contributed by atoms with van der Waals surface area (Å²) in [7, 11) is 0. The van der Waals surface area contributed by atoms with Crippen LogP contribution in [0.5, 0.6) is 0 Å². The van der Waals surface area contributed by atoms with Crippen LogP contribution in [0.3, 0.4) is 0 Å². The lowest BCUT2D eigenvalue weighted by Gasteiger charge is -2.41. The van der Waals surface area contributed by atoms with Crippen LogP contribution >= 0.6 is 0 Å². The van der Waals surface area contributed by atoms with E-state index >= 15 is 0 Å². The molecule has 1 aromatic heterocycles. The third-order valence-corrected chi connectivity index (χ3v) is 9.84. The first-order valence-electron chi connectivity index (χ1n) is 16.5. The van der Waals surface area contributed by atoms with E-state index in [0.717, 1.165) is 87.4 Å². The molecule has 4 heterocycles. The fourth-order valence-electron chi connectivity index (χ4n) is 7.73. The molecule has 0 saturated carbocycles. The summed E-state index contributed by atoms with van der Waals surface area (Å²) >= 11 is 0. The Labute approximate surface area is 268 Å². The van der Waals surface area contributed by atoms with Gasteiger partial charge in [-0.1, -0.05) is 25.1 Å². The molecule has 8 nitrogen and oxygen atoms in total. The number of piperidine rings is 1. The summed E-state index contributed by atoms with van der Waals surface area (Å²) < 4.78 is 41.5. The Hall–Kier alpha value is -3.86. The molecule has 11 heteroatoms. The number of aryl methyl sites for hydroxylation is 1. The van der Waals surface area contributed by atoms with Crippen LogP contribution in [0.4, 0.5) is 29.3 Å². The first-order valence-corrected chi connectivity index (χ1v) is 16.5. The Morgan fingerprint density at radius 2 is 1.70 bits per heavy atom. The van der Waals surface area contributed by atoms with Gasteiger partial charge in [0.25, 0.3) is 0 Å². The van der Waals surface area contributed by atoms with E-state index in [2.05, 4.69) is 21.7 Å². The second kappa shape index (κ2) is 13.5. The Morgan fingerprint density at radius 1 is 1.00 bits per heavy atom. The van der Waals surface area contributed by atoms with Crippen LogP contribution in [-0.2, 0) is 23.9 Å². The van der Waals surface area contributed by atoms with E-state index in [1.807, 2.05) is 42.2 Å². The highest BCUT2D eigenvalue weighted by molar-refractivity contribution is 6.01. The monoisotopic (exact) mass is 636 g/mol. The average molecular weight is 637 g/mol. The van der Waals surface area contributed by atoms with Crippen molar-refractivity contribution in [1.82, 2.24) is 19.4 Å². The molecule has 0 spiro atoms. The number of rotatable bonds is 9. The molecule has 0 radical (unpaired) electrons. The first kappa shape index (κ1) is 32.1. The molecule has 3 aliphatic rings. The zero-order valence-electron chi connectivity index (χ0n) is 26.6. The van der Waals surface area contributed by atoms with Gasteiger partial charge in [0.1, 0.15) is 5.82 Å². The van der Waals surface area contributed by atoms with Gasteiger partial charge < -0.3 is 14.8 Å². The number of nitrogens with zero attached hydrogens (tertiary/aromatic N) is 5. The van der Waals surface area contributed by atoms with Crippen LogP contribution in [0.1, 0.15) is 80.7 Å². The lowest BCUT2D eigenvalue weighted by molar-refractivity contribution is -0.137. The summed E-state index contributed by atoms with van der Waals surface area (Å²) in [4.78, 5) is 37.1. The molecule has 2 saturated heterocycles. The normalized spacial score (nSPS) is 21.2. The molecule has 246 valence electrons. The second-order valence-corrected chi connectivity index (χ2v) is 12.8. The number of carbonyl (C=O) groups excluding carboxylic acids is 2. The summed E-state index contributed by atoms with van der Waals surface area (Å²) in [6.45, 7) is 6.85. The summed E-state index contributed by atoms with van der Waals surface area (Å²) in [5.41, 5.74) is 2.66. The van der Waals surface area contributed by atoms with Crippen LogP contribution in [0.2, 0.25) is 0 Å². The molecule has 2 aromatic carbocycles. The van der Waals surface area contributed by atoms with Crippen molar-refractivity contribution in [1.29, 1.82) is 0 Å². The quantitative estimate of drug-likeness (QED) is 0.270. The number of anilines is 2. The van der Waals surface area contributed by atoms with Crippen molar-refractivity contribution in [3.05, 3.63) is 77.4 Å². The highest BCUT2D eigenvalue weighted by atomic mass is 19.4. The van der Waals surface area contributed by atoms with Gasteiger partial charge in [-0.2, -0.15) is 13.2 Å². The number of halogens is 3. The van der Waals surface area contributed by atoms with Crippen LogP contribution in [-0.4, -0.2) is 63.0 Å². The molecule has 46 heavy (non-hydrogen) atoms. The summed E-state index contributed by atoms with van der Waals surface area (Å²) in [6, 6.07) is 14.9. The van der Waals surface area contributed by atoms with Crippen molar-refractivity contribution < 1.29 is 22.8 Å². The number of para-hydroxylation sites is 1. The standard InChI is InChI=1S/C35H43F3N6O2/c1-3-8-33(45)41-20-17-32-31(23-41)39-24(2)44(32)30-21-28-15-16-29(22-30)42(28)18-7-19-43(27-9-5-4-6-10-27)34(46)40-26-13-11-25(12-14-26)35(36,37)38/h4-6,9-14,28-30H,3,7-8,15-23H2,1-2H3,(H,40,46)/t28-,29+,30?. The Bertz CT molecular complexity index is 1510. The topological polar surface area (TPSA) is 73.7 Å². The largest absolute Gasteiger partial charge is 0.416 e. The van der Waals surface area contributed by atoms with Gasteiger partial charge in [-0.15, -0.1) is 0 Å². The van der Waals surface area contributed by atoms with Crippen LogP contribution in [0.15, 0.2) is 54.6 Å². The molecule has 2 bridgehead atoms. The number of imidazole rings is 1. The van der Waals surface area contributed by atoms with E-state index in [9.17, 15) is 22.8 Å². The minimum absolute atomic E-state index is 0.217. The molecule has 3 aromatic rings. The zero-order valence-corrected chi connectivity index (χ0v) is 26.6. The number of hydrogen-bond donors (Lipinski definition) is 1. The van der Waals surface area contributed by atoms with Crippen LogP contribution in [0.25, 0.3) is 0 Å². The summed E-state index contributed by atoms with van der Waals surface area (Å²) in [6.07, 6.45) is 3.09. The molecule has 0 aliphatic carbocycles. The third kappa shape index (κ3) is 6.79. The number of aromatic nitrogens is 2. The van der Waals surface area contributed by atoms with Crippen molar-refractivity contribution in [2.24, 2.45) is 0 Å². The van der Waals surface area contributed by atoms with E-state index in [1.165, 1.54) is 17.8 Å². The van der Waals surface area contributed by atoms with Gasteiger partial charge in [-0.3, -0.25) is 14.6 Å². The highest BCUT2D eigenvalue weighted by Gasteiger charge is 2.42. The minimum atomic E-state index is -4.43. The number of hydrogen-bond acceptors (Lipinski definition) is 4. The lowest BCUT2D eigenvalue weighted by Crippen LogP contribution is -2.45. The van der Waals surface area contributed by atoms with Gasteiger partial charge in [0.15, 0.2) is 0 Å². The Balaban J connectivity index is 1.08. The van der Waals surface area contributed by atoms with Crippen LogP contribution < -0.4 is 10.2 Å².